The molecular formula is C24H30N2O4. The number of ether oxygens (including phenoxy) is 3. The minimum absolute atomic E-state index is 0.174. The molecule has 1 atom stereocenters. The lowest BCUT2D eigenvalue weighted by Gasteiger charge is -2.43. The summed E-state index contributed by atoms with van der Waals surface area (Å²) < 4.78 is 18.9. The highest BCUT2D eigenvalue weighted by Gasteiger charge is 2.37. The van der Waals surface area contributed by atoms with E-state index in [0.29, 0.717) is 25.8 Å². The molecule has 6 heteroatoms. The van der Waals surface area contributed by atoms with Crippen molar-refractivity contribution >= 4 is 0 Å². The molecule has 2 fully saturated rings. The molecule has 0 spiro atoms. The first-order valence-corrected chi connectivity index (χ1v) is 11.2. The fourth-order valence-electron chi connectivity index (χ4n) is 5.76. The van der Waals surface area contributed by atoms with Crippen LogP contribution in [-0.2, 0) is 17.9 Å². The molecule has 6 nitrogen and oxygen atoms in total. The Morgan fingerprint density at radius 1 is 1.10 bits per heavy atom. The standard InChI is InChI=1S/C24H30N2O4/c1-28-14-19-12-22(27)25-24-26(19)13-21(30-24)15-29-20-10-8-18(9-11-20)23-16-4-2-5-17(23)7-3-6-16/h8-12,16-17,21,23H,2-7,13-15H2,1H3. The van der Waals surface area contributed by atoms with Gasteiger partial charge < -0.3 is 14.2 Å². The number of fused-ring (bicyclic) bond motifs is 3. The number of aromatic nitrogens is 2. The summed E-state index contributed by atoms with van der Waals surface area (Å²) in [5, 5.41) is 0. The molecule has 30 heavy (non-hydrogen) atoms. The summed E-state index contributed by atoms with van der Waals surface area (Å²) in [5.74, 6) is 3.33. The second-order valence-corrected chi connectivity index (χ2v) is 8.94. The van der Waals surface area contributed by atoms with E-state index >= 15 is 0 Å². The summed E-state index contributed by atoms with van der Waals surface area (Å²) in [6.45, 7) is 1.37. The van der Waals surface area contributed by atoms with Crippen LogP contribution in [-0.4, -0.2) is 29.4 Å². The minimum atomic E-state index is -0.307. The van der Waals surface area contributed by atoms with E-state index in [-0.39, 0.29) is 11.7 Å². The maximum Gasteiger partial charge on any atom is 0.300 e. The first-order chi connectivity index (χ1) is 14.7. The van der Waals surface area contributed by atoms with Gasteiger partial charge in [0.2, 0.25) is 0 Å². The van der Waals surface area contributed by atoms with Gasteiger partial charge >= 0.3 is 6.01 Å². The van der Waals surface area contributed by atoms with Gasteiger partial charge in [-0.15, -0.1) is 0 Å². The average molecular weight is 411 g/mol. The molecular weight excluding hydrogens is 380 g/mol. The van der Waals surface area contributed by atoms with Crippen molar-refractivity contribution in [3.8, 4) is 11.8 Å². The lowest BCUT2D eigenvalue weighted by atomic mass is 9.62. The number of methoxy groups -OCH3 is 1. The smallest absolute Gasteiger partial charge is 0.300 e. The van der Waals surface area contributed by atoms with E-state index in [2.05, 4.69) is 29.2 Å². The van der Waals surface area contributed by atoms with Gasteiger partial charge in [-0.1, -0.05) is 25.0 Å². The van der Waals surface area contributed by atoms with Crippen molar-refractivity contribution in [2.45, 2.75) is 63.7 Å². The Hall–Kier alpha value is -2.34. The first kappa shape index (κ1) is 19.6. The highest BCUT2D eigenvalue weighted by Crippen LogP contribution is 2.49. The third-order valence-corrected chi connectivity index (χ3v) is 7.04. The monoisotopic (exact) mass is 410 g/mol. The van der Waals surface area contributed by atoms with E-state index in [0.717, 1.165) is 29.2 Å². The number of rotatable bonds is 6. The molecule has 1 aromatic heterocycles. The van der Waals surface area contributed by atoms with Gasteiger partial charge in [-0.25, -0.2) is 0 Å². The molecule has 2 aliphatic carbocycles. The zero-order chi connectivity index (χ0) is 20.5. The molecule has 1 aromatic carbocycles. The molecule has 5 rings (SSSR count). The molecule has 160 valence electrons. The number of benzene rings is 1. The topological polar surface area (TPSA) is 62.6 Å². The molecule has 1 aliphatic heterocycles. The Kier molecular flexibility index (Phi) is 5.50. The summed E-state index contributed by atoms with van der Waals surface area (Å²) in [4.78, 5) is 15.7. The van der Waals surface area contributed by atoms with Gasteiger partial charge in [-0.3, -0.25) is 9.36 Å². The number of nitrogens with zero attached hydrogens (tertiary/aromatic N) is 2. The molecule has 1 unspecified atom stereocenters. The molecule has 3 aliphatic rings. The van der Waals surface area contributed by atoms with E-state index in [1.54, 1.807) is 7.11 Å². The van der Waals surface area contributed by atoms with Crippen molar-refractivity contribution in [3.05, 3.63) is 51.9 Å². The summed E-state index contributed by atoms with van der Waals surface area (Å²) in [7, 11) is 1.61. The van der Waals surface area contributed by atoms with Crippen molar-refractivity contribution in [1.82, 2.24) is 9.55 Å². The van der Waals surface area contributed by atoms with Crippen LogP contribution < -0.4 is 15.0 Å². The third-order valence-electron chi connectivity index (χ3n) is 7.04. The Balaban J connectivity index is 1.21. The van der Waals surface area contributed by atoms with Crippen molar-refractivity contribution < 1.29 is 14.2 Å². The maximum atomic E-state index is 11.8. The van der Waals surface area contributed by atoms with Gasteiger partial charge in [0.05, 0.1) is 18.8 Å². The van der Waals surface area contributed by atoms with Crippen molar-refractivity contribution in [3.63, 3.8) is 0 Å². The van der Waals surface area contributed by atoms with E-state index < -0.39 is 0 Å². The molecule has 0 N–H and O–H groups in total. The van der Waals surface area contributed by atoms with Gasteiger partial charge in [0.1, 0.15) is 12.4 Å². The van der Waals surface area contributed by atoms with Gasteiger partial charge in [0.15, 0.2) is 6.10 Å². The van der Waals surface area contributed by atoms with E-state index in [9.17, 15) is 4.79 Å². The van der Waals surface area contributed by atoms with Crippen LogP contribution in [0.2, 0.25) is 0 Å². The summed E-state index contributed by atoms with van der Waals surface area (Å²) in [6, 6.07) is 10.6. The largest absolute Gasteiger partial charge is 0.490 e. The van der Waals surface area contributed by atoms with Crippen LogP contribution in [0.25, 0.3) is 0 Å². The highest BCUT2D eigenvalue weighted by molar-refractivity contribution is 5.31. The molecule has 2 heterocycles. The Bertz CT molecular complexity index is 917. The van der Waals surface area contributed by atoms with Crippen LogP contribution in [0.3, 0.4) is 0 Å². The Morgan fingerprint density at radius 3 is 2.47 bits per heavy atom. The predicted molar refractivity (Wildman–Crippen MR) is 113 cm³/mol. The van der Waals surface area contributed by atoms with Crippen LogP contribution >= 0.6 is 0 Å². The fraction of sp³-hybridized carbons (Fsp3) is 0.583. The summed E-state index contributed by atoms with van der Waals surface area (Å²) >= 11 is 0. The second-order valence-electron chi connectivity index (χ2n) is 8.94. The lowest BCUT2D eigenvalue weighted by Crippen LogP contribution is -2.30. The SMILES string of the molecule is COCc1cc(=O)nc2n1CC(COc1ccc(C3C4CCCC3CCC4)cc1)O2. The lowest BCUT2D eigenvalue weighted by molar-refractivity contribution is 0.142. The van der Waals surface area contributed by atoms with Crippen LogP contribution in [0.4, 0.5) is 0 Å². The van der Waals surface area contributed by atoms with Gasteiger partial charge in [-0.05, 0) is 61.1 Å². The minimum Gasteiger partial charge on any atom is -0.490 e. The first-order valence-electron chi connectivity index (χ1n) is 11.2. The fourth-order valence-corrected chi connectivity index (χ4v) is 5.76. The molecule has 0 amide bonds. The third kappa shape index (κ3) is 3.85. The van der Waals surface area contributed by atoms with Crippen LogP contribution in [0.1, 0.15) is 55.7 Å². The zero-order valence-electron chi connectivity index (χ0n) is 17.6. The highest BCUT2D eigenvalue weighted by atomic mass is 16.6. The predicted octanol–water partition coefficient (Wildman–Crippen LogP) is 3.91. The molecule has 0 radical (unpaired) electrons. The maximum absolute atomic E-state index is 11.8. The van der Waals surface area contributed by atoms with Crippen LogP contribution in [0, 0.1) is 11.8 Å². The molecule has 0 saturated heterocycles. The summed E-state index contributed by atoms with van der Waals surface area (Å²) in [6.07, 6.45) is 8.20. The summed E-state index contributed by atoms with van der Waals surface area (Å²) in [5.41, 5.74) is 1.95. The average Bonchev–Trinajstić information content (AvgIpc) is 3.15. The van der Waals surface area contributed by atoms with Gasteiger partial charge in [0.25, 0.3) is 5.56 Å². The quantitative estimate of drug-likeness (QED) is 0.722. The van der Waals surface area contributed by atoms with E-state index in [1.807, 2.05) is 4.57 Å². The van der Waals surface area contributed by atoms with Crippen molar-refractivity contribution in [2.75, 3.05) is 13.7 Å². The van der Waals surface area contributed by atoms with Gasteiger partial charge in [-0.2, -0.15) is 4.98 Å². The molecule has 2 bridgehead atoms. The normalized spacial score (nSPS) is 27.4. The molecule has 2 saturated carbocycles. The van der Waals surface area contributed by atoms with Gasteiger partial charge in [0, 0.05) is 13.2 Å². The van der Waals surface area contributed by atoms with Crippen molar-refractivity contribution in [2.24, 2.45) is 11.8 Å². The zero-order valence-corrected chi connectivity index (χ0v) is 17.6. The molecule has 2 aromatic rings. The number of hydrogen-bond donors (Lipinski definition) is 0. The Labute approximate surface area is 177 Å². The second kappa shape index (κ2) is 8.42. The van der Waals surface area contributed by atoms with Crippen LogP contribution in [0.5, 0.6) is 11.8 Å². The van der Waals surface area contributed by atoms with E-state index in [4.69, 9.17) is 14.2 Å². The number of hydrogen-bond acceptors (Lipinski definition) is 5. The van der Waals surface area contributed by atoms with E-state index in [1.165, 1.54) is 50.2 Å². The van der Waals surface area contributed by atoms with Crippen LogP contribution in [0.15, 0.2) is 35.1 Å². The van der Waals surface area contributed by atoms with Crippen molar-refractivity contribution in [1.29, 1.82) is 0 Å². The Morgan fingerprint density at radius 2 is 1.80 bits per heavy atom.